The Morgan fingerprint density at radius 2 is 0.824 bits per heavy atom. The monoisotopic (exact) mass is 440 g/mol. The van der Waals surface area contributed by atoms with Crippen LogP contribution in [-0.2, 0) is 0 Å². The first-order chi connectivity index (χ1) is 16.8. The van der Waals surface area contributed by atoms with Crippen LogP contribution in [0.3, 0.4) is 0 Å². The summed E-state index contributed by atoms with van der Waals surface area (Å²) in [7, 11) is 0.689. The van der Waals surface area contributed by atoms with Crippen molar-refractivity contribution in [2.24, 2.45) is 0 Å². The summed E-state index contributed by atoms with van der Waals surface area (Å²) in [5.41, 5.74) is 7.87. The molecule has 0 saturated carbocycles. The van der Waals surface area contributed by atoms with Gasteiger partial charge in [0.15, 0.2) is 0 Å². The third-order valence-corrected chi connectivity index (χ3v) is 5.75. The van der Waals surface area contributed by atoms with Gasteiger partial charge in [-0.25, -0.2) is 0 Å². The zero-order chi connectivity index (χ0) is 23.2. The predicted molar refractivity (Wildman–Crippen MR) is 141 cm³/mol. The maximum atomic E-state index is 8.80. The molecule has 0 unspecified atom stereocenters. The van der Waals surface area contributed by atoms with Crippen LogP contribution in [0, 0.1) is 0 Å². The Morgan fingerprint density at radius 1 is 0.441 bits per heavy atom. The van der Waals surface area contributed by atoms with Crippen molar-refractivity contribution in [2.75, 3.05) is 4.90 Å². The minimum atomic E-state index is 0.595. The Kier molecular flexibility index (Phi) is 6.41. The molecular weight excluding hydrogens is 417 g/mol. The second-order valence-electron chi connectivity index (χ2n) is 7.88. The second kappa shape index (κ2) is 10.1. The van der Waals surface area contributed by atoms with Crippen LogP contribution in [0.25, 0.3) is 22.3 Å². The molecule has 4 heteroatoms. The number of hydrogen-bond acceptors (Lipinski definition) is 3. The van der Waals surface area contributed by atoms with Gasteiger partial charge in [-0.2, -0.15) is 0 Å². The van der Waals surface area contributed by atoms with Gasteiger partial charge in [0.05, 0.1) is 0 Å². The van der Waals surface area contributed by atoms with Gasteiger partial charge >= 0.3 is 7.69 Å². The van der Waals surface area contributed by atoms with Crippen LogP contribution in [0.15, 0.2) is 133 Å². The molecule has 3 nitrogen and oxygen atoms in total. The molecule has 0 saturated heterocycles. The molecular formula is C30H23BNO2. The summed E-state index contributed by atoms with van der Waals surface area (Å²) < 4.78 is 5.01. The first-order valence-corrected chi connectivity index (χ1v) is 11.2. The van der Waals surface area contributed by atoms with Crippen molar-refractivity contribution in [3.05, 3.63) is 133 Å². The largest absolute Gasteiger partial charge is 0.569 e. The summed E-state index contributed by atoms with van der Waals surface area (Å²) in [6.45, 7) is 0. The first-order valence-electron chi connectivity index (χ1n) is 11.2. The molecule has 0 amide bonds. The van der Waals surface area contributed by atoms with Gasteiger partial charge in [0, 0.05) is 17.1 Å². The molecule has 0 fully saturated rings. The van der Waals surface area contributed by atoms with Gasteiger partial charge in [0.25, 0.3) is 0 Å². The average molecular weight is 440 g/mol. The van der Waals surface area contributed by atoms with E-state index in [1.54, 1.807) is 0 Å². The Balaban J connectivity index is 1.47. The van der Waals surface area contributed by atoms with Crippen molar-refractivity contribution in [2.45, 2.75) is 0 Å². The summed E-state index contributed by atoms with van der Waals surface area (Å²) in [6.07, 6.45) is 0. The lowest BCUT2D eigenvalue weighted by molar-refractivity contribution is 0.454. The molecule has 5 rings (SSSR count). The molecule has 163 valence electrons. The van der Waals surface area contributed by atoms with Crippen molar-refractivity contribution in [1.29, 1.82) is 0 Å². The smallest absolute Gasteiger partial charge is 0.537 e. The van der Waals surface area contributed by atoms with E-state index >= 15 is 0 Å². The fourth-order valence-electron chi connectivity index (χ4n) is 4.05. The summed E-state index contributed by atoms with van der Waals surface area (Å²) >= 11 is 0. The molecule has 0 heterocycles. The molecule has 0 aliphatic carbocycles. The Morgan fingerprint density at radius 3 is 1.29 bits per heavy atom. The third kappa shape index (κ3) is 4.73. The van der Waals surface area contributed by atoms with Crippen LogP contribution in [-0.4, -0.2) is 12.7 Å². The van der Waals surface area contributed by atoms with Crippen molar-refractivity contribution >= 4 is 24.7 Å². The molecule has 0 aliphatic rings. The second-order valence-corrected chi connectivity index (χ2v) is 7.88. The summed E-state index contributed by atoms with van der Waals surface area (Å²) in [6, 6.07) is 45.6. The van der Waals surface area contributed by atoms with E-state index in [-0.39, 0.29) is 0 Å². The van der Waals surface area contributed by atoms with Crippen molar-refractivity contribution in [3.63, 3.8) is 0 Å². The number of para-hydroxylation sites is 1. The van der Waals surface area contributed by atoms with Gasteiger partial charge in [0.2, 0.25) is 0 Å². The number of rotatable bonds is 7. The number of hydrogen-bond donors (Lipinski definition) is 1. The highest BCUT2D eigenvalue weighted by molar-refractivity contribution is 6.17. The van der Waals surface area contributed by atoms with Gasteiger partial charge in [-0.05, 0) is 70.8 Å². The highest BCUT2D eigenvalue weighted by Gasteiger charge is 2.13. The topological polar surface area (TPSA) is 32.7 Å². The Bertz CT molecular complexity index is 1320. The molecule has 1 radical (unpaired) electrons. The molecule has 0 spiro atoms. The maximum absolute atomic E-state index is 8.80. The van der Waals surface area contributed by atoms with Crippen LogP contribution in [0.1, 0.15) is 0 Å². The van der Waals surface area contributed by atoms with E-state index < -0.39 is 0 Å². The standard InChI is InChI=1S/C30H23BNO2/c33-31-34-30-21-15-26(16-22-30)25-13-19-29(20-14-25)32(27-9-5-2-6-10-27)28-17-11-24(12-18-28)23-7-3-1-4-8-23/h1-22,33H. The van der Waals surface area contributed by atoms with Gasteiger partial charge in [-0.1, -0.05) is 84.9 Å². The van der Waals surface area contributed by atoms with E-state index in [4.69, 9.17) is 9.68 Å². The van der Waals surface area contributed by atoms with Crippen LogP contribution >= 0.6 is 0 Å². The third-order valence-electron chi connectivity index (χ3n) is 5.75. The fraction of sp³-hybridized carbons (Fsp3) is 0. The lowest BCUT2D eigenvalue weighted by Gasteiger charge is -2.26. The van der Waals surface area contributed by atoms with E-state index in [9.17, 15) is 0 Å². The number of nitrogens with zero attached hydrogens (tertiary/aromatic N) is 1. The molecule has 34 heavy (non-hydrogen) atoms. The van der Waals surface area contributed by atoms with E-state index in [1.165, 1.54) is 11.1 Å². The molecule has 5 aromatic carbocycles. The SMILES string of the molecule is O[B]Oc1ccc(-c2ccc(N(c3ccccc3)c3ccc(-c4ccccc4)cc3)cc2)cc1. The Hall–Kier alpha value is -4.28. The van der Waals surface area contributed by atoms with Crippen molar-refractivity contribution in [3.8, 4) is 28.0 Å². The van der Waals surface area contributed by atoms with Crippen molar-refractivity contribution in [1.82, 2.24) is 0 Å². The highest BCUT2D eigenvalue weighted by Crippen LogP contribution is 2.36. The normalized spacial score (nSPS) is 10.5. The summed E-state index contributed by atoms with van der Waals surface area (Å²) in [5.74, 6) is 0.595. The molecule has 0 atom stereocenters. The van der Waals surface area contributed by atoms with Crippen molar-refractivity contribution < 1.29 is 9.68 Å². The quantitative estimate of drug-likeness (QED) is 0.268. The molecule has 5 aromatic rings. The van der Waals surface area contributed by atoms with E-state index in [0.29, 0.717) is 13.4 Å². The van der Waals surface area contributed by atoms with Gasteiger partial charge in [-0.15, -0.1) is 0 Å². The van der Waals surface area contributed by atoms with Crippen LogP contribution in [0.2, 0.25) is 0 Å². The number of benzene rings is 5. The molecule has 0 aliphatic heterocycles. The zero-order valence-corrected chi connectivity index (χ0v) is 18.6. The highest BCUT2D eigenvalue weighted by atomic mass is 16.5. The lowest BCUT2D eigenvalue weighted by atomic mass is 10.0. The molecule has 0 bridgehead atoms. The van der Waals surface area contributed by atoms with Gasteiger partial charge in [0.1, 0.15) is 5.75 Å². The van der Waals surface area contributed by atoms with Crippen LogP contribution in [0.5, 0.6) is 5.75 Å². The maximum Gasteiger partial charge on any atom is 0.569 e. The fourth-order valence-corrected chi connectivity index (χ4v) is 4.05. The zero-order valence-electron chi connectivity index (χ0n) is 18.6. The summed E-state index contributed by atoms with van der Waals surface area (Å²) in [4.78, 5) is 2.26. The van der Waals surface area contributed by atoms with E-state index in [1.807, 2.05) is 36.4 Å². The van der Waals surface area contributed by atoms with Gasteiger partial charge < -0.3 is 14.6 Å². The predicted octanol–water partition coefficient (Wildman–Crippen LogP) is 7.40. The van der Waals surface area contributed by atoms with Crippen LogP contribution in [0.4, 0.5) is 17.1 Å². The Labute approximate surface area is 200 Å². The molecule has 0 aromatic heterocycles. The van der Waals surface area contributed by atoms with Crippen LogP contribution < -0.4 is 9.55 Å². The van der Waals surface area contributed by atoms with E-state index in [2.05, 4.69) is 102 Å². The summed E-state index contributed by atoms with van der Waals surface area (Å²) in [5, 5.41) is 8.80. The number of anilines is 3. The first kappa shape index (κ1) is 21.6. The average Bonchev–Trinajstić information content (AvgIpc) is 2.92. The minimum absolute atomic E-state index is 0.595. The van der Waals surface area contributed by atoms with Gasteiger partial charge in [-0.3, -0.25) is 0 Å². The minimum Gasteiger partial charge on any atom is -0.537 e. The lowest BCUT2D eigenvalue weighted by Crippen LogP contribution is -2.09. The molecule has 1 N–H and O–H groups in total. The van der Waals surface area contributed by atoms with E-state index in [0.717, 1.165) is 28.2 Å².